The summed E-state index contributed by atoms with van der Waals surface area (Å²) < 4.78 is 45.0. The lowest BCUT2D eigenvalue weighted by Gasteiger charge is -2.42. The Balaban J connectivity index is 1.53. The van der Waals surface area contributed by atoms with Crippen LogP contribution in [-0.2, 0) is 29.8 Å². The molecule has 3 aromatic rings. The van der Waals surface area contributed by atoms with Gasteiger partial charge in [0.1, 0.15) is 6.04 Å². The second-order valence-electron chi connectivity index (χ2n) is 8.76. The Labute approximate surface area is 193 Å². The molecule has 7 nitrogen and oxygen atoms in total. The molecule has 0 bridgehead atoms. The molecule has 3 heterocycles. The number of rotatable bonds is 5. The van der Waals surface area contributed by atoms with E-state index in [1.165, 1.54) is 29.3 Å². The van der Waals surface area contributed by atoms with E-state index in [9.17, 15) is 28.2 Å². The van der Waals surface area contributed by atoms with Gasteiger partial charge in [0.05, 0.1) is 19.0 Å². The zero-order valence-corrected chi connectivity index (χ0v) is 18.1. The highest BCUT2D eigenvalue weighted by molar-refractivity contribution is 5.89. The summed E-state index contributed by atoms with van der Waals surface area (Å²) in [6.45, 7) is 0.0265. The number of carboxylic acids is 1. The van der Waals surface area contributed by atoms with Crippen molar-refractivity contribution >= 4 is 16.9 Å². The molecule has 34 heavy (non-hydrogen) atoms. The number of nitrogens with zero attached hydrogens (tertiary/aromatic N) is 4. The number of benzene rings is 2. The summed E-state index contributed by atoms with van der Waals surface area (Å²) in [4.78, 5) is 11.5. The minimum Gasteiger partial charge on any atom is -0.481 e. The van der Waals surface area contributed by atoms with Crippen LogP contribution in [0.25, 0.3) is 10.9 Å². The second kappa shape index (κ2) is 8.12. The standard InChI is InChI=1S/C24H23F3N4O3/c25-24(26,27)23(34,15-6-2-1-3-7-15)21-13-28-29-31(21)16-10-11-20-18(12-22(32)33)17-8-4-5-9-19(17)30(20)14-16/h1-9,16,21,34H,10-14H2,(H,32,33). The fourth-order valence-electron chi connectivity index (χ4n) is 5.31. The van der Waals surface area contributed by atoms with Gasteiger partial charge in [-0.05, 0) is 30.0 Å². The lowest BCUT2D eigenvalue weighted by molar-refractivity contribution is -0.287. The lowest BCUT2D eigenvalue weighted by atomic mass is 9.84. The van der Waals surface area contributed by atoms with Crippen molar-refractivity contribution in [3.63, 3.8) is 0 Å². The van der Waals surface area contributed by atoms with E-state index < -0.39 is 29.8 Å². The maximum absolute atomic E-state index is 14.3. The molecule has 0 aliphatic carbocycles. The zero-order chi connectivity index (χ0) is 24.1. The molecule has 2 aliphatic rings. The lowest BCUT2D eigenvalue weighted by Crippen LogP contribution is -2.59. The van der Waals surface area contributed by atoms with E-state index in [-0.39, 0.29) is 18.5 Å². The van der Waals surface area contributed by atoms with Gasteiger partial charge in [0.15, 0.2) is 0 Å². The van der Waals surface area contributed by atoms with Gasteiger partial charge >= 0.3 is 12.1 Å². The van der Waals surface area contributed by atoms with Gasteiger partial charge in [-0.1, -0.05) is 53.8 Å². The smallest absolute Gasteiger partial charge is 0.423 e. The first-order valence-corrected chi connectivity index (χ1v) is 11.0. The van der Waals surface area contributed by atoms with Crippen molar-refractivity contribution < 1.29 is 28.2 Å². The monoisotopic (exact) mass is 472 g/mol. The molecule has 1 aromatic heterocycles. The van der Waals surface area contributed by atoms with Crippen LogP contribution < -0.4 is 0 Å². The molecule has 0 amide bonds. The summed E-state index contributed by atoms with van der Waals surface area (Å²) >= 11 is 0. The number of fused-ring (bicyclic) bond motifs is 3. The van der Waals surface area contributed by atoms with Gasteiger partial charge in [-0.3, -0.25) is 9.80 Å². The molecule has 5 rings (SSSR count). The van der Waals surface area contributed by atoms with Crippen LogP contribution in [0, 0.1) is 0 Å². The summed E-state index contributed by atoms with van der Waals surface area (Å²) in [6, 6.07) is 12.6. The normalized spacial score (nSPS) is 22.1. The molecule has 2 aliphatic heterocycles. The molecular formula is C24H23F3N4O3. The topological polar surface area (TPSA) is 90.4 Å². The Kier molecular flexibility index (Phi) is 5.35. The Hall–Kier alpha value is -3.40. The molecule has 0 radical (unpaired) electrons. The van der Waals surface area contributed by atoms with Gasteiger partial charge in [-0.25, -0.2) is 0 Å². The molecule has 0 saturated heterocycles. The summed E-state index contributed by atoms with van der Waals surface area (Å²) in [6.07, 6.45) is -4.12. The maximum Gasteiger partial charge on any atom is 0.423 e. The average molecular weight is 472 g/mol. The molecule has 2 aromatic carbocycles. The largest absolute Gasteiger partial charge is 0.481 e. The first kappa shape index (κ1) is 22.4. The summed E-state index contributed by atoms with van der Waals surface area (Å²) in [5.74, 6) is -0.937. The third-order valence-electron chi connectivity index (χ3n) is 6.87. The number of hydrogen-bond donors (Lipinski definition) is 2. The minimum absolute atomic E-state index is 0.124. The van der Waals surface area contributed by atoms with Gasteiger partial charge in [-0.15, -0.1) is 0 Å². The number of carbonyl (C=O) groups is 1. The molecule has 3 unspecified atom stereocenters. The summed E-state index contributed by atoms with van der Waals surface area (Å²) in [5.41, 5.74) is -0.957. The number of aliphatic carboxylic acids is 1. The van der Waals surface area contributed by atoms with Crippen LogP contribution in [0.4, 0.5) is 13.2 Å². The van der Waals surface area contributed by atoms with E-state index >= 15 is 0 Å². The van der Waals surface area contributed by atoms with Crippen LogP contribution in [0.2, 0.25) is 0 Å². The molecule has 0 spiro atoms. The fraction of sp³-hybridized carbons (Fsp3) is 0.375. The molecule has 3 atom stereocenters. The van der Waals surface area contributed by atoms with Crippen molar-refractivity contribution in [2.45, 2.75) is 49.7 Å². The number of hydrogen-bond acceptors (Lipinski definition) is 5. The molecule has 10 heteroatoms. The molecule has 0 fully saturated rings. The zero-order valence-electron chi connectivity index (χ0n) is 18.1. The number of alkyl halides is 3. The highest BCUT2D eigenvalue weighted by atomic mass is 19.4. The van der Waals surface area contributed by atoms with Crippen LogP contribution in [-0.4, -0.2) is 50.6 Å². The Bertz CT molecular complexity index is 1260. The number of aromatic nitrogens is 1. The number of carboxylic acid groups (broad SMARTS) is 1. The van der Waals surface area contributed by atoms with Crippen molar-refractivity contribution in [3.8, 4) is 0 Å². The average Bonchev–Trinajstić information content (AvgIpc) is 3.42. The molecule has 0 saturated carbocycles. The predicted molar refractivity (Wildman–Crippen MR) is 117 cm³/mol. The SMILES string of the molecule is O=C(O)Cc1c2n(c3ccccc13)CC(N1N=NCC1C(O)(c1ccccc1)C(F)(F)F)CC2. The Morgan fingerprint density at radius 3 is 2.50 bits per heavy atom. The van der Waals surface area contributed by atoms with Crippen molar-refractivity contribution in [2.75, 3.05) is 6.54 Å². The first-order valence-electron chi connectivity index (χ1n) is 11.0. The predicted octanol–water partition coefficient (Wildman–Crippen LogP) is 4.08. The van der Waals surface area contributed by atoms with Crippen molar-refractivity contribution in [3.05, 3.63) is 71.4 Å². The second-order valence-corrected chi connectivity index (χ2v) is 8.76. The highest BCUT2D eigenvalue weighted by Gasteiger charge is 2.63. The van der Waals surface area contributed by atoms with Crippen LogP contribution >= 0.6 is 0 Å². The molecule has 2 N–H and O–H groups in total. The van der Waals surface area contributed by atoms with E-state index in [4.69, 9.17) is 0 Å². The van der Waals surface area contributed by atoms with Gasteiger partial charge in [0, 0.05) is 23.1 Å². The van der Waals surface area contributed by atoms with Gasteiger partial charge in [0.2, 0.25) is 5.60 Å². The number of aliphatic hydroxyl groups is 1. The minimum atomic E-state index is -4.94. The van der Waals surface area contributed by atoms with E-state index in [0.717, 1.165) is 22.2 Å². The first-order chi connectivity index (χ1) is 16.2. The van der Waals surface area contributed by atoms with Crippen LogP contribution in [0.5, 0.6) is 0 Å². The fourth-order valence-corrected chi connectivity index (χ4v) is 5.31. The third-order valence-corrected chi connectivity index (χ3v) is 6.87. The van der Waals surface area contributed by atoms with Gasteiger partial charge in [-0.2, -0.15) is 18.3 Å². The van der Waals surface area contributed by atoms with Crippen LogP contribution in [0.3, 0.4) is 0 Å². The Morgan fingerprint density at radius 2 is 1.79 bits per heavy atom. The highest BCUT2D eigenvalue weighted by Crippen LogP contribution is 2.46. The van der Waals surface area contributed by atoms with Gasteiger partial charge in [0.25, 0.3) is 0 Å². The number of halogens is 3. The van der Waals surface area contributed by atoms with Gasteiger partial charge < -0.3 is 14.8 Å². The Morgan fingerprint density at radius 1 is 1.09 bits per heavy atom. The van der Waals surface area contributed by atoms with Crippen LogP contribution in [0.1, 0.15) is 23.2 Å². The molecule has 178 valence electrons. The van der Waals surface area contributed by atoms with Crippen molar-refractivity contribution in [1.82, 2.24) is 9.58 Å². The summed E-state index contributed by atoms with van der Waals surface area (Å²) in [5, 5.41) is 30.6. The summed E-state index contributed by atoms with van der Waals surface area (Å²) in [7, 11) is 0. The van der Waals surface area contributed by atoms with E-state index in [1.807, 2.05) is 28.8 Å². The third kappa shape index (κ3) is 3.44. The van der Waals surface area contributed by atoms with E-state index in [1.54, 1.807) is 6.07 Å². The quantitative estimate of drug-likeness (QED) is 0.586. The van der Waals surface area contributed by atoms with E-state index in [0.29, 0.717) is 19.4 Å². The maximum atomic E-state index is 14.3. The number of para-hydroxylation sites is 1. The van der Waals surface area contributed by atoms with Crippen molar-refractivity contribution in [2.24, 2.45) is 10.3 Å². The van der Waals surface area contributed by atoms with Crippen LogP contribution in [0.15, 0.2) is 64.9 Å². The van der Waals surface area contributed by atoms with E-state index in [2.05, 4.69) is 10.3 Å². The molecular weight excluding hydrogens is 449 g/mol. The van der Waals surface area contributed by atoms with Crippen molar-refractivity contribution in [1.29, 1.82) is 0 Å².